The van der Waals surface area contributed by atoms with Crippen LogP contribution in [0.4, 0.5) is 5.69 Å². The summed E-state index contributed by atoms with van der Waals surface area (Å²) in [6, 6.07) is 6.70. The van der Waals surface area contributed by atoms with Gasteiger partial charge in [0, 0.05) is 24.8 Å². The minimum Gasteiger partial charge on any atom is -0.374 e. The smallest absolute Gasteiger partial charge is 0.0398 e. The van der Waals surface area contributed by atoms with Gasteiger partial charge in [-0.15, -0.1) is 0 Å². The van der Waals surface area contributed by atoms with Crippen molar-refractivity contribution in [1.29, 1.82) is 0 Å². The number of hydrogen-bond acceptors (Lipinski definition) is 2. The Bertz CT molecular complexity index is 407. The van der Waals surface area contributed by atoms with Gasteiger partial charge in [0.25, 0.3) is 0 Å². The molecule has 0 spiro atoms. The van der Waals surface area contributed by atoms with E-state index in [-0.39, 0.29) is 5.54 Å². The van der Waals surface area contributed by atoms with E-state index in [9.17, 15) is 0 Å². The van der Waals surface area contributed by atoms with Crippen LogP contribution < -0.4 is 10.6 Å². The standard InChI is InChI=1S/C14H20N2/c1-16-9-3-5-12-11(4-2-6-13(12)16)10-14(15)7-8-14/h2,4,6H,3,5,7-10,15H2,1H3. The van der Waals surface area contributed by atoms with E-state index in [1.54, 1.807) is 5.56 Å². The second-order valence-corrected chi connectivity index (χ2v) is 5.48. The number of benzene rings is 1. The molecular formula is C14H20N2. The molecule has 16 heavy (non-hydrogen) atoms. The van der Waals surface area contributed by atoms with Crippen molar-refractivity contribution in [3.8, 4) is 0 Å². The minimum absolute atomic E-state index is 0.130. The molecule has 0 amide bonds. The highest BCUT2D eigenvalue weighted by Crippen LogP contribution is 2.38. The van der Waals surface area contributed by atoms with Crippen molar-refractivity contribution in [1.82, 2.24) is 0 Å². The fourth-order valence-electron chi connectivity index (χ4n) is 2.76. The molecular weight excluding hydrogens is 196 g/mol. The summed E-state index contributed by atoms with van der Waals surface area (Å²) >= 11 is 0. The first-order valence-corrected chi connectivity index (χ1v) is 6.29. The summed E-state index contributed by atoms with van der Waals surface area (Å²) in [6.45, 7) is 1.18. The Labute approximate surface area is 97.4 Å². The van der Waals surface area contributed by atoms with Gasteiger partial charge >= 0.3 is 0 Å². The van der Waals surface area contributed by atoms with Crippen molar-refractivity contribution in [2.45, 2.75) is 37.6 Å². The van der Waals surface area contributed by atoms with E-state index >= 15 is 0 Å². The molecule has 86 valence electrons. The van der Waals surface area contributed by atoms with Crippen LogP contribution in [0.15, 0.2) is 18.2 Å². The molecule has 2 nitrogen and oxygen atoms in total. The number of anilines is 1. The summed E-state index contributed by atoms with van der Waals surface area (Å²) < 4.78 is 0. The first-order valence-electron chi connectivity index (χ1n) is 6.29. The van der Waals surface area contributed by atoms with E-state index in [2.05, 4.69) is 30.1 Å². The molecule has 1 aliphatic heterocycles. The average Bonchev–Trinajstić information content (AvgIpc) is 2.98. The highest BCUT2D eigenvalue weighted by atomic mass is 15.1. The monoisotopic (exact) mass is 216 g/mol. The molecule has 1 heterocycles. The van der Waals surface area contributed by atoms with Gasteiger partial charge in [0.05, 0.1) is 0 Å². The van der Waals surface area contributed by atoms with Crippen LogP contribution in [0.5, 0.6) is 0 Å². The van der Waals surface area contributed by atoms with Gasteiger partial charge in [-0.25, -0.2) is 0 Å². The van der Waals surface area contributed by atoms with Crippen molar-refractivity contribution in [3.63, 3.8) is 0 Å². The van der Waals surface area contributed by atoms with Gasteiger partial charge in [-0.1, -0.05) is 12.1 Å². The highest BCUT2D eigenvalue weighted by molar-refractivity contribution is 5.58. The minimum atomic E-state index is 0.130. The summed E-state index contributed by atoms with van der Waals surface area (Å²) in [7, 11) is 2.19. The van der Waals surface area contributed by atoms with Crippen molar-refractivity contribution in [3.05, 3.63) is 29.3 Å². The van der Waals surface area contributed by atoms with Crippen LogP contribution in [0, 0.1) is 0 Å². The zero-order chi connectivity index (χ0) is 11.2. The Morgan fingerprint density at radius 3 is 2.94 bits per heavy atom. The molecule has 2 aliphatic rings. The van der Waals surface area contributed by atoms with Crippen LogP contribution in [0.25, 0.3) is 0 Å². The maximum absolute atomic E-state index is 6.23. The van der Waals surface area contributed by atoms with E-state index in [0.717, 1.165) is 6.42 Å². The zero-order valence-corrected chi connectivity index (χ0v) is 10.00. The van der Waals surface area contributed by atoms with Gasteiger partial charge < -0.3 is 10.6 Å². The summed E-state index contributed by atoms with van der Waals surface area (Å²) in [5.74, 6) is 0. The normalized spacial score (nSPS) is 21.8. The third kappa shape index (κ3) is 1.71. The summed E-state index contributed by atoms with van der Waals surface area (Å²) in [6.07, 6.45) is 5.98. The molecule has 0 radical (unpaired) electrons. The summed E-state index contributed by atoms with van der Waals surface area (Å²) in [4.78, 5) is 2.37. The predicted octanol–water partition coefficient (Wildman–Crippen LogP) is 2.10. The van der Waals surface area contributed by atoms with Gasteiger partial charge in [-0.3, -0.25) is 0 Å². The number of rotatable bonds is 2. The van der Waals surface area contributed by atoms with E-state index in [1.807, 2.05) is 0 Å². The molecule has 2 heteroatoms. The zero-order valence-electron chi connectivity index (χ0n) is 10.00. The lowest BCUT2D eigenvalue weighted by Gasteiger charge is -2.29. The molecule has 0 atom stereocenters. The van der Waals surface area contributed by atoms with Gasteiger partial charge in [0.15, 0.2) is 0 Å². The molecule has 0 saturated heterocycles. The lowest BCUT2D eigenvalue weighted by atomic mass is 9.92. The largest absolute Gasteiger partial charge is 0.374 e. The lowest BCUT2D eigenvalue weighted by Crippen LogP contribution is -2.28. The van der Waals surface area contributed by atoms with Crippen molar-refractivity contribution in [2.24, 2.45) is 5.73 Å². The maximum Gasteiger partial charge on any atom is 0.0398 e. The first kappa shape index (κ1) is 10.2. The molecule has 1 saturated carbocycles. The number of hydrogen-bond donors (Lipinski definition) is 1. The van der Waals surface area contributed by atoms with Crippen molar-refractivity contribution in [2.75, 3.05) is 18.5 Å². The quantitative estimate of drug-likeness (QED) is 0.820. The Morgan fingerprint density at radius 2 is 2.19 bits per heavy atom. The lowest BCUT2D eigenvalue weighted by molar-refractivity contribution is 0.657. The molecule has 1 aromatic carbocycles. The number of nitrogens with zero attached hydrogens (tertiary/aromatic N) is 1. The number of fused-ring (bicyclic) bond motifs is 1. The van der Waals surface area contributed by atoms with Crippen molar-refractivity contribution >= 4 is 5.69 Å². The van der Waals surface area contributed by atoms with Crippen LogP contribution in [-0.2, 0) is 12.8 Å². The second-order valence-electron chi connectivity index (χ2n) is 5.48. The van der Waals surface area contributed by atoms with Gasteiger partial charge in [0.2, 0.25) is 0 Å². The highest BCUT2D eigenvalue weighted by Gasteiger charge is 2.38. The first-order chi connectivity index (χ1) is 7.68. The van der Waals surface area contributed by atoms with Gasteiger partial charge in [-0.05, 0) is 49.3 Å². The van der Waals surface area contributed by atoms with Crippen LogP contribution in [0.2, 0.25) is 0 Å². The Morgan fingerprint density at radius 1 is 1.38 bits per heavy atom. The Balaban J connectivity index is 1.95. The third-order valence-corrected chi connectivity index (χ3v) is 4.01. The average molecular weight is 216 g/mol. The fraction of sp³-hybridized carbons (Fsp3) is 0.571. The van der Waals surface area contributed by atoms with E-state index < -0.39 is 0 Å². The fourth-order valence-corrected chi connectivity index (χ4v) is 2.76. The second kappa shape index (κ2) is 3.49. The van der Waals surface area contributed by atoms with E-state index in [0.29, 0.717) is 0 Å². The maximum atomic E-state index is 6.23. The van der Waals surface area contributed by atoms with Crippen molar-refractivity contribution < 1.29 is 0 Å². The SMILES string of the molecule is CN1CCCc2c(CC3(N)CC3)cccc21. The molecule has 2 N–H and O–H groups in total. The van der Waals surface area contributed by atoms with E-state index in [4.69, 9.17) is 5.73 Å². The summed E-state index contributed by atoms with van der Waals surface area (Å²) in [5.41, 5.74) is 10.8. The molecule has 0 aromatic heterocycles. The van der Waals surface area contributed by atoms with E-state index in [1.165, 1.54) is 43.5 Å². The van der Waals surface area contributed by atoms with Crippen LogP contribution in [0.3, 0.4) is 0 Å². The molecule has 1 aliphatic carbocycles. The molecule has 0 unspecified atom stereocenters. The molecule has 0 bridgehead atoms. The molecule has 3 rings (SSSR count). The van der Waals surface area contributed by atoms with Crippen LogP contribution in [-0.4, -0.2) is 19.1 Å². The molecule has 1 fully saturated rings. The Kier molecular flexibility index (Phi) is 2.21. The van der Waals surface area contributed by atoms with Gasteiger partial charge in [-0.2, -0.15) is 0 Å². The topological polar surface area (TPSA) is 29.3 Å². The third-order valence-electron chi connectivity index (χ3n) is 4.01. The number of nitrogens with two attached hydrogens (primary N) is 1. The molecule has 1 aromatic rings. The van der Waals surface area contributed by atoms with Gasteiger partial charge in [0.1, 0.15) is 0 Å². The Hall–Kier alpha value is -1.02. The summed E-state index contributed by atoms with van der Waals surface area (Å²) in [5, 5.41) is 0. The van der Waals surface area contributed by atoms with Crippen LogP contribution in [0.1, 0.15) is 30.4 Å². The predicted molar refractivity (Wildman–Crippen MR) is 67.9 cm³/mol. The van der Waals surface area contributed by atoms with Crippen LogP contribution >= 0.6 is 0 Å².